The third-order valence-electron chi connectivity index (χ3n) is 7.04. The highest BCUT2D eigenvalue weighted by molar-refractivity contribution is 6.46. The summed E-state index contributed by atoms with van der Waals surface area (Å²) < 4.78 is 0. The number of urea groups is 1. The Morgan fingerprint density at radius 1 is 0.789 bits per heavy atom. The molecule has 192 valence electrons. The standard InChI is InChI=1S/C32H31N3O3/c1-5-18-33-28-17-16-23(19-26(28)22(2)21-32(33,3)4)20-27-29(36)34(24-12-8-6-9-13-24)31(38)35(30(27)37)25-14-10-7-11-15-25/h6-17,19-21H,5,18H2,1-4H3. The van der Waals surface area contributed by atoms with Crippen molar-refractivity contribution in [1.29, 1.82) is 0 Å². The molecule has 5 rings (SSSR count). The first kappa shape index (κ1) is 25.2. The number of para-hydroxylation sites is 2. The normalized spacial score (nSPS) is 16.9. The second-order valence-corrected chi connectivity index (χ2v) is 10.2. The number of hydrogen-bond donors (Lipinski definition) is 0. The molecule has 2 aliphatic rings. The predicted octanol–water partition coefficient (Wildman–Crippen LogP) is 6.68. The Morgan fingerprint density at radius 3 is 1.87 bits per heavy atom. The minimum Gasteiger partial charge on any atom is -0.362 e. The van der Waals surface area contributed by atoms with Crippen LogP contribution in [0.5, 0.6) is 0 Å². The molecule has 0 spiro atoms. The molecule has 0 saturated carbocycles. The molecule has 6 nitrogen and oxygen atoms in total. The van der Waals surface area contributed by atoms with Crippen molar-refractivity contribution in [3.05, 3.63) is 102 Å². The molecule has 3 aromatic carbocycles. The van der Waals surface area contributed by atoms with Gasteiger partial charge in [-0.05, 0) is 80.8 Å². The van der Waals surface area contributed by atoms with Crippen LogP contribution in [0.15, 0.2) is 90.5 Å². The van der Waals surface area contributed by atoms with Gasteiger partial charge in [-0.1, -0.05) is 55.5 Å². The number of benzene rings is 3. The van der Waals surface area contributed by atoms with E-state index in [2.05, 4.69) is 44.7 Å². The molecule has 4 amide bonds. The summed E-state index contributed by atoms with van der Waals surface area (Å²) >= 11 is 0. The Kier molecular flexibility index (Phi) is 6.49. The van der Waals surface area contributed by atoms with Gasteiger partial charge >= 0.3 is 6.03 Å². The van der Waals surface area contributed by atoms with Crippen molar-refractivity contribution in [2.75, 3.05) is 21.2 Å². The van der Waals surface area contributed by atoms with Gasteiger partial charge < -0.3 is 4.90 Å². The number of rotatable bonds is 5. The first-order chi connectivity index (χ1) is 18.2. The van der Waals surface area contributed by atoms with Crippen LogP contribution in [0.2, 0.25) is 0 Å². The van der Waals surface area contributed by atoms with Gasteiger partial charge in [0, 0.05) is 17.8 Å². The van der Waals surface area contributed by atoms with Crippen LogP contribution in [0.25, 0.3) is 11.6 Å². The number of carbonyl (C=O) groups excluding carboxylic acids is 3. The summed E-state index contributed by atoms with van der Waals surface area (Å²) in [7, 11) is 0. The van der Waals surface area contributed by atoms with Crippen molar-refractivity contribution in [3.63, 3.8) is 0 Å². The fourth-order valence-electron chi connectivity index (χ4n) is 5.33. The van der Waals surface area contributed by atoms with E-state index < -0.39 is 17.8 Å². The third-order valence-corrected chi connectivity index (χ3v) is 7.04. The summed E-state index contributed by atoms with van der Waals surface area (Å²) in [5.41, 5.74) is 4.69. The zero-order chi connectivity index (χ0) is 27.0. The van der Waals surface area contributed by atoms with Crippen molar-refractivity contribution in [2.45, 2.75) is 39.7 Å². The highest BCUT2D eigenvalue weighted by Crippen LogP contribution is 2.40. The molecule has 0 aliphatic carbocycles. The van der Waals surface area contributed by atoms with Crippen LogP contribution in [-0.4, -0.2) is 29.9 Å². The Bertz CT molecular complexity index is 1410. The first-order valence-corrected chi connectivity index (χ1v) is 12.9. The zero-order valence-corrected chi connectivity index (χ0v) is 22.1. The highest BCUT2D eigenvalue weighted by atomic mass is 16.2. The molecule has 0 aromatic heterocycles. The minimum absolute atomic E-state index is 0.0690. The van der Waals surface area contributed by atoms with E-state index in [0.717, 1.165) is 45.2 Å². The molecule has 3 aromatic rings. The summed E-state index contributed by atoms with van der Waals surface area (Å²) in [5, 5.41) is 0. The van der Waals surface area contributed by atoms with Crippen LogP contribution in [0.3, 0.4) is 0 Å². The Balaban J connectivity index is 1.62. The number of imide groups is 2. The van der Waals surface area contributed by atoms with Crippen molar-refractivity contribution in [1.82, 2.24) is 0 Å². The van der Waals surface area contributed by atoms with E-state index in [-0.39, 0.29) is 11.1 Å². The van der Waals surface area contributed by atoms with Gasteiger partial charge in [-0.2, -0.15) is 0 Å². The number of amides is 4. The van der Waals surface area contributed by atoms with Gasteiger partial charge in [-0.25, -0.2) is 14.6 Å². The average Bonchev–Trinajstić information content (AvgIpc) is 2.90. The monoisotopic (exact) mass is 505 g/mol. The van der Waals surface area contributed by atoms with Crippen LogP contribution in [-0.2, 0) is 9.59 Å². The number of allylic oxidation sites excluding steroid dienone is 1. The van der Waals surface area contributed by atoms with E-state index in [0.29, 0.717) is 11.4 Å². The Hall–Kier alpha value is -4.45. The molecule has 2 aliphatic heterocycles. The van der Waals surface area contributed by atoms with Crippen LogP contribution >= 0.6 is 0 Å². The average molecular weight is 506 g/mol. The molecule has 1 saturated heterocycles. The lowest BCUT2D eigenvalue weighted by Crippen LogP contribution is -2.57. The maximum atomic E-state index is 13.7. The van der Waals surface area contributed by atoms with E-state index >= 15 is 0 Å². The van der Waals surface area contributed by atoms with E-state index in [9.17, 15) is 14.4 Å². The fraction of sp³-hybridized carbons (Fsp3) is 0.219. The number of anilines is 3. The van der Waals surface area contributed by atoms with E-state index in [1.165, 1.54) is 0 Å². The molecule has 0 bridgehead atoms. The SMILES string of the molecule is CCCN1c2ccc(C=C3C(=O)N(c4ccccc4)C(=O)N(c4ccccc4)C3=O)cc2C(C)=CC1(C)C. The maximum Gasteiger partial charge on any atom is 0.343 e. The lowest BCUT2D eigenvalue weighted by molar-refractivity contribution is -0.121. The van der Waals surface area contributed by atoms with Crippen molar-refractivity contribution < 1.29 is 14.4 Å². The number of hydrogen-bond acceptors (Lipinski definition) is 4. The Labute approximate surface area is 223 Å². The van der Waals surface area contributed by atoms with Gasteiger partial charge in [0.15, 0.2) is 0 Å². The molecule has 0 radical (unpaired) electrons. The summed E-state index contributed by atoms with van der Waals surface area (Å²) in [6.07, 6.45) is 4.87. The lowest BCUT2D eigenvalue weighted by Gasteiger charge is -2.43. The molecule has 0 unspecified atom stereocenters. The molecule has 38 heavy (non-hydrogen) atoms. The van der Waals surface area contributed by atoms with Gasteiger partial charge in [-0.3, -0.25) is 9.59 Å². The van der Waals surface area contributed by atoms with Gasteiger partial charge in [0.25, 0.3) is 11.8 Å². The molecule has 0 atom stereocenters. The molecule has 2 heterocycles. The summed E-state index contributed by atoms with van der Waals surface area (Å²) in [5.74, 6) is -1.28. The van der Waals surface area contributed by atoms with Crippen LogP contribution in [0, 0.1) is 0 Å². The second-order valence-electron chi connectivity index (χ2n) is 10.2. The van der Waals surface area contributed by atoms with Crippen molar-refractivity contribution >= 4 is 46.6 Å². The Morgan fingerprint density at radius 2 is 1.34 bits per heavy atom. The lowest BCUT2D eigenvalue weighted by atomic mass is 9.87. The zero-order valence-electron chi connectivity index (χ0n) is 22.1. The van der Waals surface area contributed by atoms with Gasteiger partial charge in [0.2, 0.25) is 0 Å². The number of fused-ring (bicyclic) bond motifs is 1. The summed E-state index contributed by atoms with van der Waals surface area (Å²) in [4.78, 5) is 45.4. The smallest absolute Gasteiger partial charge is 0.343 e. The molecular formula is C32H31N3O3. The molecule has 1 fully saturated rings. The van der Waals surface area contributed by atoms with E-state index in [1.807, 2.05) is 24.3 Å². The predicted molar refractivity (Wildman–Crippen MR) is 153 cm³/mol. The topological polar surface area (TPSA) is 60.9 Å². The van der Waals surface area contributed by atoms with Crippen molar-refractivity contribution in [2.24, 2.45) is 0 Å². The molecular weight excluding hydrogens is 474 g/mol. The van der Waals surface area contributed by atoms with Gasteiger partial charge in [0.05, 0.1) is 16.9 Å². The largest absolute Gasteiger partial charge is 0.362 e. The van der Waals surface area contributed by atoms with Gasteiger partial charge in [0.1, 0.15) is 5.57 Å². The second kappa shape index (κ2) is 9.78. The quantitative estimate of drug-likeness (QED) is 0.287. The van der Waals surface area contributed by atoms with Gasteiger partial charge in [-0.15, -0.1) is 0 Å². The first-order valence-electron chi connectivity index (χ1n) is 12.9. The summed E-state index contributed by atoms with van der Waals surface area (Å²) in [6.45, 7) is 9.58. The third kappa shape index (κ3) is 4.32. The van der Waals surface area contributed by atoms with Crippen LogP contribution < -0.4 is 14.7 Å². The molecule has 0 N–H and O–H groups in total. The maximum absolute atomic E-state index is 13.7. The van der Waals surface area contributed by atoms with Crippen LogP contribution in [0.4, 0.5) is 21.9 Å². The van der Waals surface area contributed by atoms with Crippen molar-refractivity contribution in [3.8, 4) is 0 Å². The number of carbonyl (C=O) groups is 3. The summed E-state index contributed by atoms with van der Waals surface area (Å²) in [6, 6.07) is 22.7. The number of nitrogens with zero attached hydrogens (tertiary/aromatic N) is 3. The highest BCUT2D eigenvalue weighted by Gasteiger charge is 2.43. The minimum atomic E-state index is -0.698. The van der Waals surface area contributed by atoms with Crippen LogP contribution in [0.1, 0.15) is 45.2 Å². The molecule has 6 heteroatoms. The van der Waals surface area contributed by atoms with E-state index in [1.54, 1.807) is 54.6 Å². The number of barbiturate groups is 1. The van der Waals surface area contributed by atoms with E-state index in [4.69, 9.17) is 0 Å². The fourth-order valence-corrected chi connectivity index (χ4v) is 5.33.